The Bertz CT molecular complexity index is 490. The number of aromatic amines is 1. The second-order valence-corrected chi connectivity index (χ2v) is 4.60. The summed E-state index contributed by atoms with van der Waals surface area (Å²) >= 11 is 3.15. The molecule has 2 aromatic rings. The summed E-state index contributed by atoms with van der Waals surface area (Å²) in [5.41, 5.74) is 1.39. The lowest BCUT2D eigenvalue weighted by Gasteiger charge is -2.22. The number of nitrogens with zero attached hydrogens (tertiary/aromatic N) is 2. The highest BCUT2D eigenvalue weighted by Gasteiger charge is 2.31. The lowest BCUT2D eigenvalue weighted by atomic mass is 10.3. The van der Waals surface area contributed by atoms with Gasteiger partial charge in [0.2, 0.25) is 5.95 Å². The normalized spacial score (nSPS) is 12.0. The van der Waals surface area contributed by atoms with E-state index in [9.17, 15) is 13.2 Å². The maximum Gasteiger partial charge on any atom is 0.406 e. The number of hydrogen-bond acceptors (Lipinski definition) is 2. The van der Waals surface area contributed by atoms with Crippen LogP contribution in [-0.4, -0.2) is 34.6 Å². The number of halogens is 4. The van der Waals surface area contributed by atoms with Crippen molar-refractivity contribution in [3.8, 4) is 0 Å². The Hall–Kier alpha value is -1.24. The molecular formula is C11H11BrF3N3. The highest BCUT2D eigenvalue weighted by atomic mass is 79.9. The van der Waals surface area contributed by atoms with E-state index < -0.39 is 12.7 Å². The van der Waals surface area contributed by atoms with E-state index in [4.69, 9.17) is 0 Å². The number of fused-ring (bicyclic) bond motifs is 1. The lowest BCUT2D eigenvalue weighted by molar-refractivity contribution is -0.119. The first-order chi connectivity index (χ1) is 8.49. The smallest absolute Gasteiger partial charge is 0.332 e. The standard InChI is InChI=1S/C11H11BrF3N3/c12-5-6-18(7-11(13,14)15)10-16-8-3-1-2-4-9(8)17-10/h1-4H,5-7H2,(H,16,17). The second-order valence-electron chi connectivity index (χ2n) is 3.80. The van der Waals surface area contributed by atoms with Crippen LogP contribution in [0, 0.1) is 0 Å². The summed E-state index contributed by atoms with van der Waals surface area (Å²) in [6, 6.07) is 7.15. The number of hydrogen-bond donors (Lipinski definition) is 1. The molecule has 0 saturated carbocycles. The van der Waals surface area contributed by atoms with Crippen molar-refractivity contribution in [2.24, 2.45) is 0 Å². The van der Waals surface area contributed by atoms with Crippen molar-refractivity contribution in [2.75, 3.05) is 23.3 Å². The molecule has 0 atom stereocenters. The van der Waals surface area contributed by atoms with Crippen LogP contribution in [0.2, 0.25) is 0 Å². The molecule has 1 heterocycles. The van der Waals surface area contributed by atoms with Crippen LogP contribution in [0.5, 0.6) is 0 Å². The summed E-state index contributed by atoms with van der Waals surface area (Å²) in [5.74, 6) is 0.243. The Morgan fingerprint density at radius 1 is 1.28 bits per heavy atom. The van der Waals surface area contributed by atoms with E-state index in [1.54, 1.807) is 18.2 Å². The van der Waals surface area contributed by atoms with Crippen LogP contribution in [0.4, 0.5) is 19.1 Å². The first kappa shape index (κ1) is 13.2. The molecule has 1 aromatic heterocycles. The zero-order chi connectivity index (χ0) is 13.2. The molecule has 7 heteroatoms. The van der Waals surface area contributed by atoms with Crippen molar-refractivity contribution in [3.63, 3.8) is 0 Å². The molecule has 98 valence electrons. The van der Waals surface area contributed by atoms with E-state index in [-0.39, 0.29) is 12.5 Å². The highest BCUT2D eigenvalue weighted by Crippen LogP contribution is 2.22. The summed E-state index contributed by atoms with van der Waals surface area (Å²) in [7, 11) is 0. The third-order valence-corrected chi connectivity index (χ3v) is 2.76. The number of aromatic nitrogens is 2. The number of imidazole rings is 1. The van der Waals surface area contributed by atoms with Gasteiger partial charge >= 0.3 is 6.18 Å². The Labute approximate surface area is 110 Å². The van der Waals surface area contributed by atoms with E-state index in [2.05, 4.69) is 25.9 Å². The summed E-state index contributed by atoms with van der Waals surface area (Å²) in [4.78, 5) is 8.24. The molecule has 0 unspecified atom stereocenters. The number of nitrogens with one attached hydrogen (secondary N) is 1. The van der Waals surface area contributed by atoms with Gasteiger partial charge in [0.05, 0.1) is 11.0 Å². The van der Waals surface area contributed by atoms with E-state index in [1.807, 2.05) is 6.07 Å². The molecule has 2 rings (SSSR count). The maximum atomic E-state index is 12.5. The molecule has 0 bridgehead atoms. The zero-order valence-electron chi connectivity index (χ0n) is 9.34. The highest BCUT2D eigenvalue weighted by molar-refractivity contribution is 9.09. The summed E-state index contributed by atoms with van der Waals surface area (Å²) in [6.45, 7) is -0.780. The monoisotopic (exact) mass is 321 g/mol. The van der Waals surface area contributed by atoms with E-state index in [1.165, 1.54) is 4.90 Å². The Morgan fingerprint density at radius 3 is 2.61 bits per heavy atom. The molecule has 0 aliphatic heterocycles. The molecule has 1 aromatic carbocycles. The molecule has 0 radical (unpaired) electrons. The lowest BCUT2D eigenvalue weighted by Crippen LogP contribution is -2.36. The Balaban J connectivity index is 2.29. The molecule has 0 spiro atoms. The zero-order valence-corrected chi connectivity index (χ0v) is 10.9. The molecule has 3 nitrogen and oxygen atoms in total. The SMILES string of the molecule is FC(F)(F)CN(CCBr)c1nc2ccccc2[nH]1. The largest absolute Gasteiger partial charge is 0.406 e. The Kier molecular flexibility index (Phi) is 3.79. The molecule has 0 amide bonds. The van der Waals surface area contributed by atoms with Gasteiger partial charge in [-0.3, -0.25) is 0 Å². The molecule has 1 N–H and O–H groups in total. The van der Waals surface area contributed by atoms with Gasteiger partial charge < -0.3 is 9.88 Å². The molecule has 0 saturated heterocycles. The van der Waals surface area contributed by atoms with Gasteiger partial charge in [0, 0.05) is 11.9 Å². The summed E-state index contributed by atoms with van der Waals surface area (Å²) in [6.07, 6.45) is -4.25. The molecular weight excluding hydrogens is 311 g/mol. The third kappa shape index (κ3) is 3.16. The number of alkyl halides is 4. The number of H-pyrrole nitrogens is 1. The second kappa shape index (κ2) is 5.17. The molecule has 0 aliphatic carbocycles. The predicted molar refractivity (Wildman–Crippen MR) is 68.2 cm³/mol. The van der Waals surface area contributed by atoms with Crippen LogP contribution in [0.25, 0.3) is 11.0 Å². The third-order valence-electron chi connectivity index (χ3n) is 2.40. The van der Waals surface area contributed by atoms with E-state index >= 15 is 0 Å². The van der Waals surface area contributed by atoms with Crippen LogP contribution >= 0.6 is 15.9 Å². The summed E-state index contributed by atoms with van der Waals surface area (Å²) < 4.78 is 37.4. The van der Waals surface area contributed by atoms with Crippen molar-refractivity contribution in [3.05, 3.63) is 24.3 Å². The van der Waals surface area contributed by atoms with E-state index in [0.29, 0.717) is 10.8 Å². The van der Waals surface area contributed by atoms with Crippen LogP contribution < -0.4 is 4.90 Å². The van der Waals surface area contributed by atoms with Gasteiger partial charge in [0.1, 0.15) is 6.54 Å². The fraction of sp³-hybridized carbons (Fsp3) is 0.364. The van der Waals surface area contributed by atoms with Crippen molar-refractivity contribution in [1.29, 1.82) is 0 Å². The average molecular weight is 322 g/mol. The molecule has 18 heavy (non-hydrogen) atoms. The minimum absolute atomic E-state index is 0.235. The number of anilines is 1. The molecule has 0 aliphatic rings. The van der Waals surface area contributed by atoms with Crippen LogP contribution in [-0.2, 0) is 0 Å². The van der Waals surface area contributed by atoms with Crippen molar-refractivity contribution in [2.45, 2.75) is 6.18 Å². The first-order valence-electron chi connectivity index (χ1n) is 5.32. The van der Waals surface area contributed by atoms with Gasteiger partial charge in [-0.05, 0) is 12.1 Å². The van der Waals surface area contributed by atoms with Crippen molar-refractivity contribution >= 4 is 32.9 Å². The predicted octanol–water partition coefficient (Wildman–Crippen LogP) is 3.33. The van der Waals surface area contributed by atoms with Gasteiger partial charge in [0.15, 0.2) is 0 Å². The fourth-order valence-electron chi connectivity index (χ4n) is 1.67. The van der Waals surface area contributed by atoms with E-state index in [0.717, 1.165) is 5.52 Å². The van der Waals surface area contributed by atoms with Crippen molar-refractivity contribution in [1.82, 2.24) is 9.97 Å². The number of benzene rings is 1. The first-order valence-corrected chi connectivity index (χ1v) is 6.44. The minimum Gasteiger partial charge on any atom is -0.332 e. The van der Waals surface area contributed by atoms with Gasteiger partial charge in [-0.1, -0.05) is 28.1 Å². The van der Waals surface area contributed by atoms with Crippen LogP contribution in [0.3, 0.4) is 0 Å². The average Bonchev–Trinajstić information content (AvgIpc) is 2.70. The maximum absolute atomic E-state index is 12.5. The molecule has 0 fully saturated rings. The fourth-order valence-corrected chi connectivity index (χ4v) is 2.10. The quantitative estimate of drug-likeness (QED) is 0.876. The van der Waals surface area contributed by atoms with Crippen molar-refractivity contribution < 1.29 is 13.2 Å². The van der Waals surface area contributed by atoms with Gasteiger partial charge in [-0.15, -0.1) is 0 Å². The number of rotatable bonds is 4. The Morgan fingerprint density at radius 2 is 2.00 bits per heavy atom. The van der Waals surface area contributed by atoms with Crippen LogP contribution in [0.15, 0.2) is 24.3 Å². The minimum atomic E-state index is -4.25. The topological polar surface area (TPSA) is 31.9 Å². The van der Waals surface area contributed by atoms with Gasteiger partial charge in [-0.2, -0.15) is 13.2 Å². The van der Waals surface area contributed by atoms with Gasteiger partial charge in [0.25, 0.3) is 0 Å². The van der Waals surface area contributed by atoms with Gasteiger partial charge in [-0.25, -0.2) is 4.98 Å². The van der Waals surface area contributed by atoms with Crippen LogP contribution in [0.1, 0.15) is 0 Å². The summed E-state index contributed by atoms with van der Waals surface area (Å²) in [5, 5.41) is 0.445. The number of para-hydroxylation sites is 2.